The topological polar surface area (TPSA) is 70.8 Å². The number of unbranched alkanes of at least 4 members (excludes halogenated alkanes) is 1. The molecule has 0 unspecified atom stereocenters. The number of fused-ring (bicyclic) bond motifs is 1. The van der Waals surface area contributed by atoms with E-state index in [9.17, 15) is 14.7 Å². The van der Waals surface area contributed by atoms with E-state index in [4.69, 9.17) is 4.42 Å². The Labute approximate surface area is 148 Å². The Balaban J connectivity index is 1.99. The molecule has 6 heteroatoms. The zero-order chi connectivity index (χ0) is 17.3. The molecule has 5 nitrogen and oxygen atoms in total. The summed E-state index contributed by atoms with van der Waals surface area (Å²) in [5, 5.41) is 11.1. The van der Waals surface area contributed by atoms with Crippen molar-refractivity contribution in [1.82, 2.24) is 0 Å². The monoisotopic (exact) mass is 391 g/mol. The Morgan fingerprint density at radius 2 is 2.17 bits per heavy atom. The molecular formula is C18H18BrNO4. The first-order valence-electron chi connectivity index (χ1n) is 7.88. The second kappa shape index (κ2) is 6.53. The predicted octanol–water partition coefficient (Wildman–Crippen LogP) is 3.65. The molecule has 0 radical (unpaired) electrons. The second-order valence-electron chi connectivity index (χ2n) is 5.91. The van der Waals surface area contributed by atoms with Gasteiger partial charge in [0.2, 0.25) is 5.78 Å². The van der Waals surface area contributed by atoms with Crippen molar-refractivity contribution in [2.45, 2.75) is 31.8 Å². The molecule has 2 aromatic rings. The Kier molecular flexibility index (Phi) is 4.60. The Morgan fingerprint density at radius 3 is 2.83 bits per heavy atom. The van der Waals surface area contributed by atoms with Gasteiger partial charge in [-0.15, -0.1) is 0 Å². The summed E-state index contributed by atoms with van der Waals surface area (Å²) in [5.41, 5.74) is -0.749. The van der Waals surface area contributed by atoms with Gasteiger partial charge < -0.3 is 14.4 Å². The number of hydrogen-bond acceptors (Lipinski definition) is 4. The van der Waals surface area contributed by atoms with Gasteiger partial charge in [0.05, 0.1) is 18.4 Å². The zero-order valence-corrected chi connectivity index (χ0v) is 14.9. The third-order valence-corrected chi connectivity index (χ3v) is 4.73. The minimum absolute atomic E-state index is 0.139. The van der Waals surface area contributed by atoms with Crippen molar-refractivity contribution in [3.8, 4) is 0 Å². The fraction of sp³-hybridized carbons (Fsp3) is 0.333. The molecule has 0 saturated heterocycles. The van der Waals surface area contributed by atoms with E-state index in [0.29, 0.717) is 17.8 Å². The average Bonchev–Trinajstić information content (AvgIpc) is 3.15. The first-order valence-corrected chi connectivity index (χ1v) is 8.67. The molecule has 24 heavy (non-hydrogen) atoms. The van der Waals surface area contributed by atoms with Crippen LogP contribution in [0.5, 0.6) is 0 Å². The highest BCUT2D eigenvalue weighted by molar-refractivity contribution is 9.10. The fourth-order valence-corrected chi connectivity index (χ4v) is 3.35. The van der Waals surface area contributed by atoms with E-state index < -0.39 is 17.3 Å². The van der Waals surface area contributed by atoms with E-state index in [0.717, 1.165) is 17.3 Å². The highest BCUT2D eigenvalue weighted by Crippen LogP contribution is 2.44. The standard InChI is InChI=1S/C18H18BrNO4/c1-2-3-8-20-14-7-6-12(19)10-13(14)18(23,17(20)22)11-15(21)16-5-4-9-24-16/h4-7,9-10,23H,2-3,8,11H2,1H3/t18-/m0/s1. The van der Waals surface area contributed by atoms with Crippen LogP contribution in [0.3, 0.4) is 0 Å². The number of Topliss-reactive ketones (excluding diaryl/α,β-unsaturated/α-hetero) is 1. The first kappa shape index (κ1) is 16.9. The van der Waals surface area contributed by atoms with Crippen molar-refractivity contribution < 1.29 is 19.1 Å². The van der Waals surface area contributed by atoms with Gasteiger partial charge in [0.25, 0.3) is 5.91 Å². The maximum atomic E-state index is 12.9. The lowest BCUT2D eigenvalue weighted by molar-refractivity contribution is -0.135. The van der Waals surface area contributed by atoms with Crippen LogP contribution in [0, 0.1) is 0 Å². The van der Waals surface area contributed by atoms with Crippen molar-refractivity contribution >= 4 is 33.3 Å². The Hall–Kier alpha value is -1.92. The van der Waals surface area contributed by atoms with Gasteiger partial charge in [-0.3, -0.25) is 9.59 Å². The Morgan fingerprint density at radius 1 is 1.38 bits per heavy atom. The maximum absolute atomic E-state index is 12.9. The Bertz CT molecular complexity index is 771. The van der Waals surface area contributed by atoms with Crippen LogP contribution < -0.4 is 4.90 Å². The lowest BCUT2D eigenvalue weighted by Gasteiger charge is -2.22. The lowest BCUT2D eigenvalue weighted by Crippen LogP contribution is -2.42. The maximum Gasteiger partial charge on any atom is 0.264 e. The quantitative estimate of drug-likeness (QED) is 0.762. The normalized spacial score (nSPS) is 19.6. The zero-order valence-electron chi connectivity index (χ0n) is 13.3. The molecule has 2 heterocycles. The number of furan rings is 1. The van der Waals surface area contributed by atoms with Gasteiger partial charge in [-0.05, 0) is 36.8 Å². The number of anilines is 1. The largest absolute Gasteiger partial charge is 0.461 e. The van der Waals surface area contributed by atoms with Crippen molar-refractivity contribution in [3.05, 3.63) is 52.4 Å². The number of rotatable bonds is 6. The molecule has 126 valence electrons. The van der Waals surface area contributed by atoms with Gasteiger partial charge in [-0.2, -0.15) is 0 Å². The van der Waals surface area contributed by atoms with Crippen molar-refractivity contribution in [1.29, 1.82) is 0 Å². The first-order chi connectivity index (χ1) is 11.5. The number of aliphatic hydroxyl groups is 1. The molecule has 1 aliphatic heterocycles. The molecule has 3 rings (SSSR count). The molecule has 0 spiro atoms. The molecule has 0 bridgehead atoms. The number of ketones is 1. The number of carbonyl (C=O) groups is 2. The lowest BCUT2D eigenvalue weighted by atomic mass is 9.89. The molecule has 1 atom stereocenters. The van der Waals surface area contributed by atoms with Crippen LogP contribution in [-0.2, 0) is 10.4 Å². The van der Waals surface area contributed by atoms with Crippen LogP contribution in [0.25, 0.3) is 0 Å². The summed E-state index contributed by atoms with van der Waals surface area (Å²) in [6, 6.07) is 8.45. The van der Waals surface area contributed by atoms with Gasteiger partial charge in [-0.25, -0.2) is 0 Å². The molecule has 1 N–H and O–H groups in total. The highest BCUT2D eigenvalue weighted by atomic mass is 79.9. The van der Waals surface area contributed by atoms with Gasteiger partial charge in [0.15, 0.2) is 11.4 Å². The number of halogens is 1. The van der Waals surface area contributed by atoms with Crippen LogP contribution in [0.2, 0.25) is 0 Å². The van der Waals surface area contributed by atoms with Crippen molar-refractivity contribution in [3.63, 3.8) is 0 Å². The number of amides is 1. The van der Waals surface area contributed by atoms with Crippen molar-refractivity contribution in [2.24, 2.45) is 0 Å². The minimum atomic E-state index is -1.86. The molecule has 0 fully saturated rings. The summed E-state index contributed by atoms with van der Waals surface area (Å²) in [4.78, 5) is 26.8. The number of hydrogen-bond donors (Lipinski definition) is 1. The molecule has 1 amide bonds. The number of carbonyl (C=O) groups excluding carboxylic acids is 2. The van der Waals surface area contributed by atoms with E-state index in [1.807, 2.05) is 13.0 Å². The number of nitrogens with zero attached hydrogens (tertiary/aromatic N) is 1. The predicted molar refractivity (Wildman–Crippen MR) is 93.0 cm³/mol. The molecular weight excluding hydrogens is 374 g/mol. The second-order valence-corrected chi connectivity index (χ2v) is 6.83. The van der Waals surface area contributed by atoms with Crippen molar-refractivity contribution in [2.75, 3.05) is 11.4 Å². The van der Waals surface area contributed by atoms with E-state index in [-0.39, 0.29) is 12.2 Å². The fourth-order valence-electron chi connectivity index (χ4n) is 2.99. The smallest absolute Gasteiger partial charge is 0.264 e. The molecule has 1 aromatic heterocycles. The van der Waals surface area contributed by atoms with Gasteiger partial charge in [0, 0.05) is 16.6 Å². The molecule has 1 aliphatic rings. The van der Waals surface area contributed by atoms with Crippen LogP contribution in [0.4, 0.5) is 5.69 Å². The SMILES string of the molecule is CCCCN1C(=O)[C@](O)(CC(=O)c2ccco2)c2cc(Br)ccc21. The van der Waals surface area contributed by atoms with E-state index in [2.05, 4.69) is 15.9 Å². The van der Waals surface area contributed by atoms with Gasteiger partial charge in [-0.1, -0.05) is 29.3 Å². The molecule has 1 aromatic carbocycles. The third-order valence-electron chi connectivity index (χ3n) is 4.24. The van der Waals surface area contributed by atoms with Gasteiger partial charge in [0.1, 0.15) is 0 Å². The summed E-state index contributed by atoms with van der Waals surface area (Å²) in [5.74, 6) is -0.720. The molecule has 0 aliphatic carbocycles. The highest BCUT2D eigenvalue weighted by Gasteiger charge is 2.51. The molecule has 0 saturated carbocycles. The third kappa shape index (κ3) is 2.80. The van der Waals surface area contributed by atoms with E-state index in [1.165, 1.54) is 12.3 Å². The summed E-state index contributed by atoms with van der Waals surface area (Å²) in [6.07, 6.45) is 2.81. The summed E-state index contributed by atoms with van der Waals surface area (Å²) < 4.78 is 5.84. The number of benzene rings is 1. The van der Waals surface area contributed by atoms with Crippen LogP contribution in [0.1, 0.15) is 42.3 Å². The van der Waals surface area contributed by atoms with Crippen LogP contribution in [0.15, 0.2) is 45.5 Å². The summed E-state index contributed by atoms with van der Waals surface area (Å²) in [7, 11) is 0. The van der Waals surface area contributed by atoms with Crippen LogP contribution in [-0.4, -0.2) is 23.3 Å². The average molecular weight is 392 g/mol. The minimum Gasteiger partial charge on any atom is -0.461 e. The summed E-state index contributed by atoms with van der Waals surface area (Å²) in [6.45, 7) is 2.55. The van der Waals surface area contributed by atoms with E-state index in [1.54, 1.807) is 23.1 Å². The van der Waals surface area contributed by atoms with Crippen LogP contribution >= 0.6 is 15.9 Å². The summed E-state index contributed by atoms with van der Waals surface area (Å²) >= 11 is 3.37. The van der Waals surface area contributed by atoms with Gasteiger partial charge >= 0.3 is 0 Å². The van der Waals surface area contributed by atoms with E-state index >= 15 is 0 Å².